The lowest BCUT2D eigenvalue weighted by Gasteiger charge is -2.10. The van der Waals surface area contributed by atoms with E-state index in [2.05, 4.69) is 21.2 Å². The molecule has 0 amide bonds. The van der Waals surface area contributed by atoms with Crippen molar-refractivity contribution < 1.29 is 13.2 Å². The molecule has 0 heterocycles. The molecule has 0 atom stereocenters. The Kier molecular flexibility index (Phi) is 4.60. The van der Waals surface area contributed by atoms with Crippen molar-refractivity contribution in [1.29, 1.82) is 0 Å². The third-order valence-electron chi connectivity index (χ3n) is 2.70. The summed E-state index contributed by atoms with van der Waals surface area (Å²) in [6.07, 6.45) is -4.30. The fraction of sp³-hybridized carbons (Fsp3) is 0.143. The van der Waals surface area contributed by atoms with Gasteiger partial charge in [0.2, 0.25) is 0 Å². The Balaban J connectivity index is 2.04. The molecule has 106 valence electrons. The van der Waals surface area contributed by atoms with Crippen LogP contribution in [0, 0.1) is 0 Å². The molecule has 0 aliphatic rings. The van der Waals surface area contributed by atoms with Crippen molar-refractivity contribution in [1.82, 2.24) is 0 Å². The van der Waals surface area contributed by atoms with Crippen LogP contribution in [0.3, 0.4) is 0 Å². The van der Waals surface area contributed by atoms with Gasteiger partial charge < -0.3 is 5.32 Å². The highest BCUT2D eigenvalue weighted by Crippen LogP contribution is 2.29. The highest BCUT2D eigenvalue weighted by Gasteiger charge is 2.29. The van der Waals surface area contributed by atoms with Gasteiger partial charge in [-0.2, -0.15) is 13.2 Å². The first kappa shape index (κ1) is 15.2. The van der Waals surface area contributed by atoms with Crippen LogP contribution in [-0.2, 0) is 12.7 Å². The van der Waals surface area contributed by atoms with Gasteiger partial charge >= 0.3 is 6.18 Å². The summed E-state index contributed by atoms with van der Waals surface area (Å²) >= 11 is 9.19. The van der Waals surface area contributed by atoms with Crippen LogP contribution < -0.4 is 5.32 Å². The fourth-order valence-electron chi connectivity index (χ4n) is 1.64. The third-order valence-corrected chi connectivity index (χ3v) is 3.59. The zero-order valence-corrected chi connectivity index (χ0v) is 12.5. The maximum atomic E-state index is 12.4. The monoisotopic (exact) mass is 363 g/mol. The first-order chi connectivity index (χ1) is 9.36. The molecule has 0 unspecified atom stereocenters. The zero-order valence-electron chi connectivity index (χ0n) is 10.1. The van der Waals surface area contributed by atoms with Crippen LogP contribution in [0.4, 0.5) is 18.9 Å². The van der Waals surface area contributed by atoms with Gasteiger partial charge in [0.15, 0.2) is 0 Å². The van der Waals surface area contributed by atoms with Gasteiger partial charge in [-0.3, -0.25) is 0 Å². The second-order valence-electron chi connectivity index (χ2n) is 4.17. The summed E-state index contributed by atoms with van der Waals surface area (Å²) in [6, 6.07) is 10.4. The molecule has 6 heteroatoms. The van der Waals surface area contributed by atoms with E-state index in [9.17, 15) is 13.2 Å². The predicted molar refractivity (Wildman–Crippen MR) is 77.9 cm³/mol. The molecule has 0 saturated heterocycles. The van der Waals surface area contributed by atoms with Gasteiger partial charge in [0.1, 0.15) is 0 Å². The number of benzene rings is 2. The van der Waals surface area contributed by atoms with E-state index in [0.717, 1.165) is 27.9 Å². The number of anilines is 1. The predicted octanol–water partition coefficient (Wildman–Crippen LogP) is 5.73. The quantitative estimate of drug-likeness (QED) is 0.733. The van der Waals surface area contributed by atoms with E-state index >= 15 is 0 Å². The van der Waals surface area contributed by atoms with Gasteiger partial charge in [-0.25, -0.2) is 0 Å². The molecule has 0 spiro atoms. The van der Waals surface area contributed by atoms with Crippen LogP contribution >= 0.6 is 27.5 Å². The van der Waals surface area contributed by atoms with Crippen LogP contribution in [0.15, 0.2) is 46.9 Å². The van der Waals surface area contributed by atoms with E-state index in [1.54, 1.807) is 18.2 Å². The van der Waals surface area contributed by atoms with Crippen LogP contribution in [0.5, 0.6) is 0 Å². The summed E-state index contributed by atoms with van der Waals surface area (Å²) in [7, 11) is 0. The van der Waals surface area contributed by atoms with Gasteiger partial charge in [0, 0.05) is 21.7 Å². The van der Waals surface area contributed by atoms with Crippen molar-refractivity contribution >= 4 is 33.2 Å². The smallest absolute Gasteiger partial charge is 0.380 e. The lowest BCUT2D eigenvalue weighted by Crippen LogP contribution is -2.05. The van der Waals surface area contributed by atoms with Crippen LogP contribution in [0.25, 0.3) is 0 Å². The van der Waals surface area contributed by atoms with E-state index in [0.29, 0.717) is 11.6 Å². The SMILES string of the molecule is FC(F)(F)c1ccc(CNc2ccc(Cl)cc2Br)cc1. The van der Waals surface area contributed by atoms with Crippen molar-refractivity contribution in [3.63, 3.8) is 0 Å². The Hall–Kier alpha value is -1.20. The molecule has 0 aliphatic heterocycles. The molecule has 0 fully saturated rings. The molecule has 1 nitrogen and oxygen atoms in total. The molecule has 0 aromatic heterocycles. The van der Waals surface area contributed by atoms with Crippen LogP contribution in [0.2, 0.25) is 5.02 Å². The van der Waals surface area contributed by atoms with Gasteiger partial charge in [-0.15, -0.1) is 0 Å². The number of alkyl halides is 3. The lowest BCUT2D eigenvalue weighted by molar-refractivity contribution is -0.137. The molecule has 0 radical (unpaired) electrons. The number of nitrogens with one attached hydrogen (secondary N) is 1. The van der Waals surface area contributed by atoms with Gasteiger partial charge in [0.25, 0.3) is 0 Å². The van der Waals surface area contributed by atoms with Crippen LogP contribution in [0.1, 0.15) is 11.1 Å². The van der Waals surface area contributed by atoms with E-state index < -0.39 is 11.7 Å². The Morgan fingerprint density at radius 1 is 1.05 bits per heavy atom. The summed E-state index contributed by atoms with van der Waals surface area (Å²) in [5.74, 6) is 0. The van der Waals surface area contributed by atoms with Gasteiger partial charge in [0.05, 0.1) is 5.56 Å². The second-order valence-corrected chi connectivity index (χ2v) is 5.46. The molecule has 2 aromatic carbocycles. The average molecular weight is 365 g/mol. The number of hydrogen-bond acceptors (Lipinski definition) is 1. The van der Waals surface area contributed by atoms with Gasteiger partial charge in [-0.05, 0) is 51.8 Å². The van der Waals surface area contributed by atoms with E-state index in [1.807, 2.05) is 0 Å². The Bertz CT molecular complexity index is 596. The molecular weight excluding hydrogens is 355 g/mol. The summed E-state index contributed by atoms with van der Waals surface area (Å²) in [5, 5.41) is 3.74. The van der Waals surface area contributed by atoms with Crippen molar-refractivity contribution in [2.75, 3.05) is 5.32 Å². The highest BCUT2D eigenvalue weighted by atomic mass is 79.9. The second kappa shape index (κ2) is 6.06. The van der Waals surface area contributed by atoms with Crippen LogP contribution in [-0.4, -0.2) is 0 Å². The molecule has 1 N–H and O–H groups in total. The minimum atomic E-state index is -4.30. The van der Waals surface area contributed by atoms with Gasteiger partial charge in [-0.1, -0.05) is 23.7 Å². The maximum Gasteiger partial charge on any atom is 0.416 e. The van der Waals surface area contributed by atoms with E-state index in [1.165, 1.54) is 12.1 Å². The van der Waals surface area contributed by atoms with Crippen molar-refractivity contribution in [3.8, 4) is 0 Å². The van der Waals surface area contributed by atoms with Crippen molar-refractivity contribution in [2.45, 2.75) is 12.7 Å². The number of rotatable bonds is 3. The van der Waals surface area contributed by atoms with Crippen molar-refractivity contribution in [3.05, 3.63) is 63.1 Å². The van der Waals surface area contributed by atoms with Crippen molar-refractivity contribution in [2.24, 2.45) is 0 Å². The summed E-state index contributed by atoms with van der Waals surface area (Å²) < 4.78 is 38.1. The molecule has 0 aliphatic carbocycles. The number of halogens is 5. The molecule has 2 aromatic rings. The molecule has 20 heavy (non-hydrogen) atoms. The normalized spacial score (nSPS) is 11.4. The first-order valence-corrected chi connectivity index (χ1v) is 6.88. The minimum absolute atomic E-state index is 0.429. The van der Waals surface area contributed by atoms with E-state index in [-0.39, 0.29) is 0 Å². The summed E-state index contributed by atoms with van der Waals surface area (Å²) in [6.45, 7) is 0.429. The first-order valence-electron chi connectivity index (χ1n) is 5.71. The Labute approximate surface area is 127 Å². The molecule has 0 bridgehead atoms. The third kappa shape index (κ3) is 3.90. The Morgan fingerprint density at radius 3 is 2.25 bits per heavy atom. The topological polar surface area (TPSA) is 12.0 Å². The summed E-state index contributed by atoms with van der Waals surface area (Å²) in [4.78, 5) is 0. The standard InChI is InChI=1S/C14H10BrClF3N/c15-12-7-11(16)5-6-13(12)20-8-9-1-3-10(4-2-9)14(17,18)19/h1-7,20H,8H2. The average Bonchev–Trinajstić information content (AvgIpc) is 2.37. The molecular formula is C14H10BrClF3N. The zero-order chi connectivity index (χ0) is 14.8. The highest BCUT2D eigenvalue weighted by molar-refractivity contribution is 9.10. The largest absolute Gasteiger partial charge is 0.416 e. The summed E-state index contributed by atoms with van der Waals surface area (Å²) in [5.41, 5.74) is 0.947. The van der Waals surface area contributed by atoms with E-state index in [4.69, 9.17) is 11.6 Å². The minimum Gasteiger partial charge on any atom is -0.380 e. The fourth-order valence-corrected chi connectivity index (χ4v) is 2.46. The molecule has 2 rings (SSSR count). The maximum absolute atomic E-state index is 12.4. The molecule has 0 saturated carbocycles. The number of hydrogen-bond donors (Lipinski definition) is 1. The lowest BCUT2D eigenvalue weighted by atomic mass is 10.1. The Morgan fingerprint density at radius 2 is 1.70 bits per heavy atom.